The molecule has 1 saturated heterocycles. The summed E-state index contributed by atoms with van der Waals surface area (Å²) in [6.07, 6.45) is -1.44. The lowest BCUT2D eigenvalue weighted by atomic mass is 9.90. The molecule has 2 nitrogen and oxygen atoms in total. The molecule has 40 heavy (non-hydrogen) atoms. The van der Waals surface area contributed by atoms with Gasteiger partial charge in [-0.05, 0) is 52.6 Å². The van der Waals surface area contributed by atoms with Gasteiger partial charge in [0.2, 0.25) is 0 Å². The monoisotopic (exact) mass is 572 g/mol. The van der Waals surface area contributed by atoms with Gasteiger partial charge in [-0.25, -0.2) is 22.0 Å². The molecule has 1 aromatic rings. The zero-order valence-corrected chi connectivity index (χ0v) is 21.8. The molecular formula is C30H28F8O2. The Kier molecular flexibility index (Phi) is 9.19. The fourth-order valence-electron chi connectivity index (χ4n) is 4.96. The van der Waals surface area contributed by atoms with E-state index in [0.29, 0.717) is 30.8 Å². The van der Waals surface area contributed by atoms with Gasteiger partial charge < -0.3 is 9.47 Å². The lowest BCUT2D eigenvalue weighted by Crippen LogP contribution is -2.36. The highest BCUT2D eigenvalue weighted by Crippen LogP contribution is 2.33. The van der Waals surface area contributed by atoms with Gasteiger partial charge >= 0.3 is 6.18 Å². The van der Waals surface area contributed by atoms with Gasteiger partial charge in [0.15, 0.2) is 6.29 Å². The van der Waals surface area contributed by atoms with E-state index in [1.165, 1.54) is 12.2 Å². The maximum Gasteiger partial charge on any atom is 0.409 e. The van der Waals surface area contributed by atoms with Crippen LogP contribution in [0.15, 0.2) is 71.4 Å². The van der Waals surface area contributed by atoms with Crippen LogP contribution >= 0.6 is 0 Å². The van der Waals surface area contributed by atoms with Crippen molar-refractivity contribution in [3.05, 3.63) is 93.5 Å². The van der Waals surface area contributed by atoms with Crippen LogP contribution in [0.1, 0.15) is 33.1 Å². The topological polar surface area (TPSA) is 18.5 Å². The lowest BCUT2D eigenvalue weighted by Gasteiger charge is -2.34. The van der Waals surface area contributed by atoms with E-state index in [4.69, 9.17) is 9.47 Å². The molecule has 2 atom stereocenters. The van der Waals surface area contributed by atoms with E-state index in [2.05, 4.69) is 13.8 Å². The summed E-state index contributed by atoms with van der Waals surface area (Å²) in [5.74, 6) is -4.48. The highest BCUT2D eigenvalue weighted by molar-refractivity contribution is 5.69. The van der Waals surface area contributed by atoms with Gasteiger partial charge in [-0.15, -0.1) is 0 Å². The summed E-state index contributed by atoms with van der Waals surface area (Å²) < 4.78 is 123. The quantitative estimate of drug-likeness (QED) is 0.350. The Hall–Kier alpha value is -2.98. The number of rotatable bonds is 5. The molecule has 0 aromatic heterocycles. The van der Waals surface area contributed by atoms with Crippen LogP contribution in [0.25, 0.3) is 11.1 Å². The zero-order valence-electron chi connectivity index (χ0n) is 21.8. The van der Waals surface area contributed by atoms with Crippen molar-refractivity contribution < 1.29 is 44.6 Å². The molecule has 216 valence electrons. The summed E-state index contributed by atoms with van der Waals surface area (Å²) in [5, 5.41) is -0.877. The van der Waals surface area contributed by atoms with Gasteiger partial charge in [0.1, 0.15) is 29.5 Å². The smallest absolute Gasteiger partial charge is 0.348 e. The standard InChI is InChI=1S/C30H28F8O2/c1-3-4-16(2)20-14-39-29(40-15-20)17-5-6-21(23(31)9-17)18-10-26(34)28(27(35)11-18)19-12-24(32)22(25(33)13-19)7-8-30(36,37)38/h5-12,16,20,23,29H,3-4,13-15H2,1-2H3/b8-7+,21-18?,28-19?. The number of halogens is 8. The van der Waals surface area contributed by atoms with Crippen molar-refractivity contribution in [1.29, 1.82) is 0 Å². The largest absolute Gasteiger partial charge is 0.409 e. The number of hydrogen-bond acceptors (Lipinski definition) is 2. The van der Waals surface area contributed by atoms with E-state index in [-0.39, 0.29) is 28.9 Å². The molecule has 1 aliphatic heterocycles. The molecule has 4 rings (SSSR count). The summed E-state index contributed by atoms with van der Waals surface area (Å²) in [7, 11) is 0. The zero-order chi connectivity index (χ0) is 29.2. The minimum atomic E-state index is -4.80. The average Bonchev–Trinajstić information content (AvgIpc) is 2.87. The Balaban J connectivity index is 1.58. The highest BCUT2D eigenvalue weighted by Gasteiger charge is 2.30. The molecule has 0 bridgehead atoms. The van der Waals surface area contributed by atoms with E-state index >= 15 is 13.2 Å². The van der Waals surface area contributed by atoms with Crippen LogP contribution in [0.4, 0.5) is 35.1 Å². The average molecular weight is 573 g/mol. The predicted molar refractivity (Wildman–Crippen MR) is 135 cm³/mol. The minimum absolute atomic E-state index is 0.0422. The molecule has 1 aromatic carbocycles. The summed E-state index contributed by atoms with van der Waals surface area (Å²) in [4.78, 5) is 0. The summed E-state index contributed by atoms with van der Waals surface area (Å²) in [6.45, 7) is 5.16. The van der Waals surface area contributed by atoms with E-state index in [1.807, 2.05) is 0 Å². The second-order valence-electron chi connectivity index (χ2n) is 10.1. The van der Waals surface area contributed by atoms with E-state index in [1.54, 1.807) is 6.08 Å². The maximum absolute atomic E-state index is 15.1. The fraction of sp³-hybridized carbons (Fsp3) is 0.400. The number of alkyl halides is 4. The predicted octanol–water partition coefficient (Wildman–Crippen LogP) is 7.13. The number of benzene rings is 1. The van der Waals surface area contributed by atoms with Crippen molar-refractivity contribution in [3.63, 3.8) is 0 Å². The molecule has 10 heteroatoms. The van der Waals surface area contributed by atoms with Gasteiger partial charge in [-0.2, -0.15) is 13.2 Å². The number of hydrogen-bond donors (Lipinski definition) is 0. The molecule has 2 unspecified atom stereocenters. The van der Waals surface area contributed by atoms with Crippen LogP contribution in [0.5, 0.6) is 0 Å². The normalized spacial score (nSPS) is 25.0. The first-order valence-corrected chi connectivity index (χ1v) is 12.9. The molecule has 0 N–H and O–H groups in total. The second kappa shape index (κ2) is 12.3. The van der Waals surface area contributed by atoms with Crippen LogP contribution in [-0.2, 0) is 9.47 Å². The van der Waals surface area contributed by atoms with E-state index in [0.717, 1.165) is 25.0 Å². The molecule has 3 aliphatic rings. The Bertz CT molecular complexity index is 1380. The third-order valence-corrected chi connectivity index (χ3v) is 7.17. The van der Waals surface area contributed by atoms with Crippen molar-refractivity contribution in [2.24, 2.45) is 11.8 Å². The molecule has 0 saturated carbocycles. The molecule has 0 radical (unpaired) electrons. The lowest BCUT2D eigenvalue weighted by molar-refractivity contribution is -0.186. The van der Waals surface area contributed by atoms with Crippen molar-refractivity contribution in [1.82, 2.24) is 0 Å². The molecular weight excluding hydrogens is 544 g/mol. The fourth-order valence-corrected chi connectivity index (χ4v) is 4.96. The van der Waals surface area contributed by atoms with Gasteiger partial charge in [0.05, 0.1) is 13.2 Å². The first-order valence-electron chi connectivity index (χ1n) is 12.9. The van der Waals surface area contributed by atoms with Crippen LogP contribution in [-0.4, -0.2) is 31.9 Å². The van der Waals surface area contributed by atoms with Crippen LogP contribution < -0.4 is 10.4 Å². The molecule has 1 heterocycles. The minimum Gasteiger partial charge on any atom is -0.348 e. The SMILES string of the molecule is CCCC(C)C1COC(C2=CC(F)C(=c3cc(F)c(=C4C=C(F)C(/C=C/C(F)(F)F)=C(F)C4)c(F)c3)C=C2)OC1. The van der Waals surface area contributed by atoms with Crippen LogP contribution in [0.3, 0.4) is 0 Å². The Labute approximate surface area is 226 Å². The maximum atomic E-state index is 15.1. The molecule has 0 spiro atoms. The van der Waals surface area contributed by atoms with Crippen molar-refractivity contribution in [2.75, 3.05) is 13.2 Å². The summed E-state index contributed by atoms with van der Waals surface area (Å²) >= 11 is 0. The second-order valence-corrected chi connectivity index (χ2v) is 10.1. The Morgan fingerprint density at radius 1 is 1.02 bits per heavy atom. The third-order valence-electron chi connectivity index (χ3n) is 7.17. The van der Waals surface area contributed by atoms with Gasteiger partial charge in [0.25, 0.3) is 0 Å². The van der Waals surface area contributed by atoms with E-state index < -0.39 is 64.7 Å². The summed E-state index contributed by atoms with van der Waals surface area (Å²) in [6, 6.07) is 1.69. The van der Waals surface area contributed by atoms with Crippen LogP contribution in [0, 0.1) is 23.5 Å². The molecule has 0 amide bonds. The number of allylic oxidation sites excluding steroid dienone is 8. The van der Waals surface area contributed by atoms with Gasteiger partial charge in [0, 0.05) is 34.8 Å². The molecule has 2 aliphatic carbocycles. The highest BCUT2D eigenvalue weighted by atomic mass is 19.4. The Morgan fingerprint density at radius 3 is 2.23 bits per heavy atom. The molecule has 1 fully saturated rings. The van der Waals surface area contributed by atoms with Crippen molar-refractivity contribution in [2.45, 2.75) is 51.7 Å². The van der Waals surface area contributed by atoms with Crippen LogP contribution in [0.2, 0.25) is 0 Å². The van der Waals surface area contributed by atoms with Crippen molar-refractivity contribution >= 4 is 11.1 Å². The Morgan fingerprint density at radius 2 is 1.68 bits per heavy atom. The first kappa shape index (κ1) is 30.0. The van der Waals surface area contributed by atoms with Crippen molar-refractivity contribution in [3.8, 4) is 0 Å². The third kappa shape index (κ3) is 6.83. The number of ether oxygens (including phenoxy) is 2. The van der Waals surface area contributed by atoms with Gasteiger partial charge in [-0.3, -0.25) is 0 Å². The van der Waals surface area contributed by atoms with Gasteiger partial charge in [-0.1, -0.05) is 38.8 Å². The first-order chi connectivity index (χ1) is 18.9. The summed E-state index contributed by atoms with van der Waals surface area (Å²) in [5.41, 5.74) is -1.01. The van der Waals surface area contributed by atoms with E-state index in [9.17, 15) is 22.0 Å².